The molecule has 0 saturated carbocycles. The first-order valence-electron chi connectivity index (χ1n) is 10.9. The second-order valence-electron chi connectivity index (χ2n) is 8.44. The van der Waals surface area contributed by atoms with Crippen LogP contribution in [0.25, 0.3) is 0 Å². The van der Waals surface area contributed by atoms with E-state index in [-0.39, 0.29) is 16.7 Å². The lowest BCUT2D eigenvalue weighted by molar-refractivity contribution is -0.137. The van der Waals surface area contributed by atoms with E-state index in [4.69, 9.17) is 11.6 Å². The molecule has 0 bridgehead atoms. The number of likely N-dealkylation sites (tertiary alicyclic amines) is 1. The number of piperazine rings is 1. The van der Waals surface area contributed by atoms with E-state index in [1.54, 1.807) is 18.2 Å². The summed E-state index contributed by atoms with van der Waals surface area (Å²) in [6.45, 7) is 4.28. The first-order valence-corrected chi connectivity index (χ1v) is 12.7. The van der Waals surface area contributed by atoms with Crippen LogP contribution in [0, 0.1) is 5.92 Å². The van der Waals surface area contributed by atoms with Gasteiger partial charge in [0.25, 0.3) is 10.0 Å². The van der Waals surface area contributed by atoms with E-state index in [0.717, 1.165) is 23.8 Å². The highest BCUT2D eigenvalue weighted by molar-refractivity contribution is 7.90. The number of fused-ring (bicyclic) bond motifs is 1. The highest BCUT2D eigenvalue weighted by Crippen LogP contribution is 2.30. The van der Waals surface area contributed by atoms with Crippen molar-refractivity contribution in [2.45, 2.75) is 17.7 Å². The van der Waals surface area contributed by atoms with E-state index >= 15 is 0 Å². The Morgan fingerprint density at radius 3 is 2.22 bits per heavy atom. The molecule has 2 fully saturated rings. The first-order chi connectivity index (χ1) is 15.4. The van der Waals surface area contributed by atoms with Crippen LogP contribution in [0.1, 0.15) is 18.4 Å². The Kier molecular flexibility index (Phi) is 5.59. The number of hydrogen-bond donors (Lipinski definition) is 0. The van der Waals surface area contributed by atoms with Crippen molar-refractivity contribution in [3.8, 4) is 0 Å². The van der Waals surface area contributed by atoms with Crippen molar-refractivity contribution in [3.05, 3.63) is 59.1 Å². The number of rotatable bonds is 2. The number of amides is 1. The Bertz CT molecular complexity index is 1150. The van der Waals surface area contributed by atoms with Crippen LogP contribution >= 0.6 is 11.6 Å². The number of piperidine rings is 1. The molecule has 0 aliphatic carbocycles. The molecule has 3 aliphatic heterocycles. The average Bonchev–Trinajstić information content (AvgIpc) is 3.10. The minimum atomic E-state index is -3.62. The molecule has 5 rings (SSSR count). The van der Waals surface area contributed by atoms with Crippen LogP contribution in [0.2, 0.25) is 5.02 Å². The van der Waals surface area contributed by atoms with Crippen molar-refractivity contribution in [1.29, 1.82) is 0 Å². The average molecular weight is 473 g/mol. The number of hydrogen-bond acceptors (Lipinski definition) is 5. The molecule has 2 saturated heterocycles. The van der Waals surface area contributed by atoms with Gasteiger partial charge in [-0.1, -0.05) is 23.7 Å². The molecule has 0 spiro atoms. The normalized spacial score (nSPS) is 20.8. The molecule has 2 aromatic carbocycles. The molecular formula is C23H25ClN4O3S. The second-order valence-corrected chi connectivity index (χ2v) is 10.4. The van der Waals surface area contributed by atoms with Gasteiger partial charge in [-0.2, -0.15) is 8.42 Å². The van der Waals surface area contributed by atoms with Gasteiger partial charge in [0.1, 0.15) is 4.90 Å². The van der Waals surface area contributed by atoms with Crippen LogP contribution in [-0.2, 0) is 14.8 Å². The zero-order chi connectivity index (χ0) is 22.3. The Balaban J connectivity index is 1.18. The topological polar surface area (TPSA) is 73.3 Å². The van der Waals surface area contributed by atoms with Crippen molar-refractivity contribution in [2.75, 3.05) is 44.2 Å². The zero-order valence-corrected chi connectivity index (χ0v) is 19.2. The molecule has 0 radical (unpaired) electrons. The predicted molar refractivity (Wildman–Crippen MR) is 125 cm³/mol. The van der Waals surface area contributed by atoms with Crippen molar-refractivity contribution in [3.63, 3.8) is 0 Å². The van der Waals surface area contributed by atoms with Crippen molar-refractivity contribution < 1.29 is 13.2 Å². The minimum absolute atomic E-state index is 0.0258. The summed E-state index contributed by atoms with van der Waals surface area (Å²) < 4.78 is 28.7. The van der Waals surface area contributed by atoms with Crippen LogP contribution in [0.15, 0.2) is 57.8 Å². The number of carbonyl (C=O) groups is 1. The summed E-state index contributed by atoms with van der Waals surface area (Å²) in [5, 5.41) is 0.721. The summed E-state index contributed by atoms with van der Waals surface area (Å²) >= 11 is 5.98. The van der Waals surface area contributed by atoms with Crippen LogP contribution in [0.4, 0.5) is 5.69 Å². The van der Waals surface area contributed by atoms with Gasteiger partial charge in [0.2, 0.25) is 5.91 Å². The number of benzene rings is 2. The molecule has 7 nitrogen and oxygen atoms in total. The summed E-state index contributed by atoms with van der Waals surface area (Å²) in [5.41, 5.74) is 1.79. The fraction of sp³-hybridized carbons (Fsp3) is 0.391. The van der Waals surface area contributed by atoms with Crippen molar-refractivity contribution >= 4 is 39.1 Å². The number of amidine groups is 1. The summed E-state index contributed by atoms with van der Waals surface area (Å²) in [5.74, 6) is 0.701. The fourth-order valence-electron chi connectivity index (χ4n) is 4.75. The van der Waals surface area contributed by atoms with Crippen molar-refractivity contribution in [2.24, 2.45) is 10.3 Å². The second kappa shape index (κ2) is 8.41. The lowest BCUT2D eigenvalue weighted by Gasteiger charge is -2.39. The Hall–Kier alpha value is -2.58. The molecule has 3 aliphatic rings. The standard InChI is InChI=1S/C23H25ClN4O3S/c24-18-5-7-19(8-6-18)26-13-15-28(16-14-26)23(29)17-9-11-27(12-10-17)22-20-3-1-2-4-21(20)32(30,31)25-22/h1-8,17H,9-16H2. The Morgan fingerprint density at radius 1 is 0.875 bits per heavy atom. The molecule has 1 amide bonds. The SMILES string of the molecule is O=C(C1CCN(C2=NS(=O)(=O)c3ccccc32)CC1)N1CCN(c2ccc(Cl)cc2)CC1. The molecule has 0 N–H and O–H groups in total. The Morgan fingerprint density at radius 2 is 1.53 bits per heavy atom. The van der Waals surface area contributed by atoms with Gasteiger partial charge in [-0.15, -0.1) is 4.40 Å². The quantitative estimate of drug-likeness (QED) is 0.672. The zero-order valence-electron chi connectivity index (χ0n) is 17.7. The lowest BCUT2D eigenvalue weighted by atomic mass is 9.94. The molecule has 0 unspecified atom stereocenters. The van der Waals surface area contributed by atoms with E-state index < -0.39 is 10.0 Å². The van der Waals surface area contributed by atoms with E-state index in [0.29, 0.717) is 50.4 Å². The minimum Gasteiger partial charge on any atom is -0.368 e. The monoisotopic (exact) mass is 472 g/mol. The molecule has 3 heterocycles. The highest BCUT2D eigenvalue weighted by Gasteiger charge is 2.35. The molecule has 2 aromatic rings. The Labute approximate surface area is 193 Å². The van der Waals surface area contributed by atoms with E-state index in [1.807, 2.05) is 40.1 Å². The molecular weight excluding hydrogens is 448 g/mol. The molecule has 9 heteroatoms. The van der Waals surface area contributed by atoms with Crippen LogP contribution in [-0.4, -0.2) is 69.2 Å². The predicted octanol–water partition coefficient (Wildman–Crippen LogP) is 2.85. The number of carbonyl (C=O) groups excluding carboxylic acids is 1. The maximum Gasteiger partial charge on any atom is 0.285 e. The number of halogens is 1. The highest BCUT2D eigenvalue weighted by atomic mass is 35.5. The first kappa shape index (κ1) is 21.3. The third-order valence-corrected chi connectivity index (χ3v) is 8.12. The van der Waals surface area contributed by atoms with Gasteiger partial charge >= 0.3 is 0 Å². The van der Waals surface area contributed by atoms with Crippen LogP contribution in [0.5, 0.6) is 0 Å². The molecule has 0 aromatic heterocycles. The van der Waals surface area contributed by atoms with E-state index in [9.17, 15) is 13.2 Å². The van der Waals surface area contributed by atoms with E-state index in [2.05, 4.69) is 9.30 Å². The molecule has 0 atom stereocenters. The summed E-state index contributed by atoms with van der Waals surface area (Å²) in [7, 11) is -3.62. The number of anilines is 1. The van der Waals surface area contributed by atoms with Gasteiger partial charge < -0.3 is 14.7 Å². The maximum absolute atomic E-state index is 13.1. The van der Waals surface area contributed by atoms with Gasteiger partial charge in [-0.05, 0) is 49.2 Å². The summed E-state index contributed by atoms with van der Waals surface area (Å²) in [6, 6.07) is 14.7. The summed E-state index contributed by atoms with van der Waals surface area (Å²) in [6.07, 6.45) is 1.41. The number of nitrogens with zero attached hydrogens (tertiary/aromatic N) is 4. The van der Waals surface area contributed by atoms with Crippen molar-refractivity contribution in [1.82, 2.24) is 9.80 Å². The number of sulfonamides is 1. The van der Waals surface area contributed by atoms with E-state index in [1.165, 1.54) is 0 Å². The van der Waals surface area contributed by atoms with Gasteiger partial charge in [-0.3, -0.25) is 4.79 Å². The van der Waals surface area contributed by atoms with Gasteiger partial charge in [-0.25, -0.2) is 0 Å². The molecule has 168 valence electrons. The summed E-state index contributed by atoms with van der Waals surface area (Å²) in [4.78, 5) is 19.6. The van der Waals surface area contributed by atoms with Crippen LogP contribution in [0.3, 0.4) is 0 Å². The van der Waals surface area contributed by atoms with Gasteiger partial charge in [0.05, 0.1) is 0 Å². The maximum atomic E-state index is 13.1. The molecule has 32 heavy (non-hydrogen) atoms. The third-order valence-electron chi connectivity index (χ3n) is 6.54. The largest absolute Gasteiger partial charge is 0.368 e. The smallest absolute Gasteiger partial charge is 0.285 e. The third kappa shape index (κ3) is 3.97. The van der Waals surface area contributed by atoms with Gasteiger partial charge in [0, 0.05) is 61.5 Å². The van der Waals surface area contributed by atoms with Gasteiger partial charge in [0.15, 0.2) is 5.84 Å². The lowest BCUT2D eigenvalue weighted by Crippen LogP contribution is -2.52. The van der Waals surface area contributed by atoms with Crippen LogP contribution < -0.4 is 4.90 Å². The fourth-order valence-corrected chi connectivity index (χ4v) is 6.10.